The number of esters is 1. The number of ketones is 1. The number of aryl methyl sites for hydroxylation is 2. The largest absolute Gasteiger partial charge is 0.507 e. The number of amides is 1. The summed E-state index contributed by atoms with van der Waals surface area (Å²) in [6.07, 6.45) is 3.88. The predicted octanol–water partition coefficient (Wildman–Crippen LogP) is 10.6. The van der Waals surface area contributed by atoms with E-state index < -0.39 is 40.1 Å². The van der Waals surface area contributed by atoms with Gasteiger partial charge in [-0.1, -0.05) is 121 Å². The standard InChI is InChI=1S/C55H58FN3O5S2/c1-54(2,3)64-53(63)50(48-35-44(36-57-48)66-55(39-16-8-5-9-17-39,40-18-10-6-11-19-40)41-20-12-7-13-21-41)58-43-31-28-38(27-24-37-25-29-42(56)30-26-37)46(34-43)52(62)59-47(32-33-65-4)51(61)45-22-14-15-23-49(45)60/h5-23,25-26,28-31,34,44,47-48,50,57-58,60H,24,27,32-33,35-36H2,1-4H3,(H,59,62)/t44?,47-,48?,50?/m0/s1. The highest BCUT2D eigenvalue weighted by Gasteiger charge is 2.44. The second-order valence-electron chi connectivity index (χ2n) is 17.6. The topological polar surface area (TPSA) is 117 Å². The highest BCUT2D eigenvalue weighted by molar-refractivity contribution is 8.01. The van der Waals surface area contributed by atoms with Gasteiger partial charge in [-0.25, -0.2) is 9.18 Å². The van der Waals surface area contributed by atoms with Crippen LogP contribution in [0.15, 0.2) is 158 Å². The number of nitrogens with one attached hydrogen (secondary N) is 3. The van der Waals surface area contributed by atoms with E-state index in [1.807, 2.05) is 69.1 Å². The molecule has 1 heterocycles. The molecule has 0 aliphatic carbocycles. The van der Waals surface area contributed by atoms with E-state index in [4.69, 9.17) is 4.74 Å². The molecule has 0 spiro atoms. The van der Waals surface area contributed by atoms with E-state index in [-0.39, 0.29) is 28.4 Å². The molecule has 6 aromatic rings. The lowest BCUT2D eigenvalue weighted by Crippen LogP contribution is -2.48. The Bertz CT molecular complexity index is 2460. The number of hydrogen-bond donors (Lipinski definition) is 4. The Kier molecular flexibility index (Phi) is 16.1. The van der Waals surface area contributed by atoms with Gasteiger partial charge in [0.15, 0.2) is 5.78 Å². The number of benzene rings is 6. The van der Waals surface area contributed by atoms with Crippen LogP contribution in [0, 0.1) is 5.82 Å². The molecule has 66 heavy (non-hydrogen) atoms. The number of Topliss-reactive ketones (excluding diaryl/α,β-unsaturated/α-hetero) is 1. The zero-order valence-corrected chi connectivity index (χ0v) is 39.5. The Hall–Kier alpha value is -5.88. The summed E-state index contributed by atoms with van der Waals surface area (Å²) < 4.78 is 19.3. The van der Waals surface area contributed by atoms with Gasteiger partial charge in [0, 0.05) is 29.1 Å². The molecule has 7 rings (SSSR count). The fraction of sp³-hybridized carbons (Fsp3) is 0.291. The second kappa shape index (κ2) is 22.1. The zero-order chi connectivity index (χ0) is 46.7. The fourth-order valence-electron chi connectivity index (χ4n) is 8.55. The molecule has 6 aromatic carbocycles. The van der Waals surface area contributed by atoms with Crippen LogP contribution in [-0.4, -0.2) is 70.3 Å². The number of carbonyl (C=O) groups excluding carboxylic acids is 3. The normalized spacial score (nSPS) is 16.0. The first-order valence-electron chi connectivity index (χ1n) is 22.4. The molecule has 8 nitrogen and oxygen atoms in total. The first kappa shape index (κ1) is 48.1. The van der Waals surface area contributed by atoms with Crippen molar-refractivity contribution in [1.82, 2.24) is 10.6 Å². The third-order valence-electron chi connectivity index (χ3n) is 11.7. The zero-order valence-electron chi connectivity index (χ0n) is 37.8. The van der Waals surface area contributed by atoms with Crippen LogP contribution in [0.4, 0.5) is 10.1 Å². The SMILES string of the molecule is CSCC[C@H](NC(=O)c1cc(NC(C(=O)OC(C)(C)C)C2CC(SC(c3ccccc3)(c3ccccc3)c3ccccc3)CN2)ccc1CCc1ccc(F)cc1)C(=O)c1ccccc1O. The number of halogens is 1. The molecule has 0 saturated carbocycles. The number of carbonyl (C=O) groups is 3. The van der Waals surface area contributed by atoms with Gasteiger partial charge in [0.25, 0.3) is 5.91 Å². The van der Waals surface area contributed by atoms with Gasteiger partial charge in [-0.3, -0.25) is 9.59 Å². The van der Waals surface area contributed by atoms with Crippen LogP contribution < -0.4 is 16.0 Å². The van der Waals surface area contributed by atoms with Crippen LogP contribution in [0.5, 0.6) is 5.75 Å². The van der Waals surface area contributed by atoms with Gasteiger partial charge < -0.3 is 25.8 Å². The summed E-state index contributed by atoms with van der Waals surface area (Å²) in [7, 11) is 0. The lowest BCUT2D eigenvalue weighted by atomic mass is 9.84. The molecule has 1 aliphatic rings. The van der Waals surface area contributed by atoms with Crippen molar-refractivity contribution >= 4 is 46.9 Å². The van der Waals surface area contributed by atoms with Crippen molar-refractivity contribution in [3.63, 3.8) is 0 Å². The number of anilines is 1. The number of rotatable bonds is 19. The molecule has 1 aliphatic heterocycles. The van der Waals surface area contributed by atoms with Crippen LogP contribution >= 0.6 is 23.5 Å². The average Bonchev–Trinajstić information content (AvgIpc) is 3.79. The quantitative estimate of drug-likeness (QED) is 0.0358. The third-order valence-corrected chi connectivity index (χ3v) is 14.1. The van der Waals surface area contributed by atoms with E-state index in [1.54, 1.807) is 48.2 Å². The number of hydrogen-bond acceptors (Lipinski definition) is 9. The Morgan fingerprint density at radius 1 is 0.773 bits per heavy atom. The molecule has 4 N–H and O–H groups in total. The minimum Gasteiger partial charge on any atom is -0.507 e. The van der Waals surface area contributed by atoms with Gasteiger partial charge in [-0.15, -0.1) is 11.8 Å². The Morgan fingerprint density at radius 3 is 1.94 bits per heavy atom. The molecule has 4 atom stereocenters. The van der Waals surface area contributed by atoms with Crippen molar-refractivity contribution in [1.29, 1.82) is 0 Å². The summed E-state index contributed by atoms with van der Waals surface area (Å²) in [5.74, 6) is -1.18. The maximum atomic E-state index is 14.5. The number of aromatic hydroxyl groups is 1. The summed E-state index contributed by atoms with van der Waals surface area (Å²) in [5, 5.41) is 20.8. The number of para-hydroxylation sites is 1. The fourth-order valence-corrected chi connectivity index (χ4v) is 10.8. The highest BCUT2D eigenvalue weighted by atomic mass is 32.2. The van der Waals surface area contributed by atoms with Crippen molar-refractivity contribution in [2.45, 2.75) is 80.2 Å². The monoisotopic (exact) mass is 923 g/mol. The summed E-state index contributed by atoms with van der Waals surface area (Å²) in [6, 6.07) is 47.6. The Morgan fingerprint density at radius 2 is 1.36 bits per heavy atom. The molecule has 1 saturated heterocycles. The van der Waals surface area contributed by atoms with Gasteiger partial charge in [0.1, 0.15) is 23.2 Å². The summed E-state index contributed by atoms with van der Waals surface area (Å²) in [5.41, 5.74) is 5.29. The molecule has 3 unspecified atom stereocenters. The van der Waals surface area contributed by atoms with Gasteiger partial charge >= 0.3 is 5.97 Å². The minimum atomic E-state index is -0.916. The molecule has 0 aromatic heterocycles. The van der Waals surface area contributed by atoms with E-state index in [0.717, 1.165) is 22.3 Å². The highest BCUT2D eigenvalue weighted by Crippen LogP contribution is 2.51. The van der Waals surface area contributed by atoms with Gasteiger partial charge in [0.2, 0.25) is 0 Å². The molecule has 0 radical (unpaired) electrons. The van der Waals surface area contributed by atoms with Crippen LogP contribution in [-0.2, 0) is 27.1 Å². The second-order valence-corrected chi connectivity index (χ2v) is 20.1. The Labute approximate surface area is 396 Å². The molecule has 11 heteroatoms. The van der Waals surface area contributed by atoms with Crippen LogP contribution in [0.1, 0.15) is 82.1 Å². The van der Waals surface area contributed by atoms with E-state index in [2.05, 4.69) is 88.7 Å². The third kappa shape index (κ3) is 11.9. The van der Waals surface area contributed by atoms with E-state index in [9.17, 15) is 23.9 Å². The van der Waals surface area contributed by atoms with Gasteiger partial charge in [0.05, 0.1) is 16.4 Å². The van der Waals surface area contributed by atoms with Crippen LogP contribution in [0.3, 0.4) is 0 Å². The lowest BCUT2D eigenvalue weighted by molar-refractivity contribution is -0.156. The predicted molar refractivity (Wildman–Crippen MR) is 267 cm³/mol. The maximum absolute atomic E-state index is 14.5. The lowest BCUT2D eigenvalue weighted by Gasteiger charge is -2.37. The smallest absolute Gasteiger partial charge is 0.330 e. The van der Waals surface area contributed by atoms with Crippen molar-refractivity contribution in [3.8, 4) is 5.75 Å². The van der Waals surface area contributed by atoms with Crippen LogP contribution in [0.25, 0.3) is 0 Å². The molecular weight excluding hydrogens is 866 g/mol. The van der Waals surface area contributed by atoms with Gasteiger partial charge in [-0.05, 0) is 123 Å². The summed E-state index contributed by atoms with van der Waals surface area (Å²) in [4.78, 5) is 42.8. The van der Waals surface area contributed by atoms with Crippen molar-refractivity contribution in [2.24, 2.45) is 0 Å². The first-order valence-corrected chi connectivity index (χ1v) is 24.7. The maximum Gasteiger partial charge on any atom is 0.330 e. The molecule has 1 fully saturated rings. The molecular formula is C55H58FN3O5S2. The average molecular weight is 924 g/mol. The Balaban J connectivity index is 1.21. The first-order chi connectivity index (χ1) is 31.8. The summed E-state index contributed by atoms with van der Waals surface area (Å²) >= 11 is 3.43. The molecule has 0 bridgehead atoms. The van der Waals surface area contributed by atoms with Crippen molar-refractivity contribution in [2.75, 3.05) is 23.9 Å². The number of phenols is 1. The molecule has 342 valence electrons. The van der Waals surface area contributed by atoms with Crippen molar-refractivity contribution < 1.29 is 28.6 Å². The van der Waals surface area contributed by atoms with E-state index in [1.165, 1.54) is 18.2 Å². The number of phenolic OH excluding ortho intramolecular Hbond substituents is 1. The summed E-state index contributed by atoms with van der Waals surface area (Å²) in [6.45, 7) is 6.17. The molecule has 1 amide bonds. The minimum absolute atomic E-state index is 0.0670. The number of thioether (sulfide) groups is 2. The van der Waals surface area contributed by atoms with E-state index >= 15 is 0 Å². The number of ether oxygens (including phenoxy) is 1. The van der Waals surface area contributed by atoms with E-state index in [0.29, 0.717) is 54.8 Å². The van der Waals surface area contributed by atoms with Crippen LogP contribution in [0.2, 0.25) is 0 Å². The van der Waals surface area contributed by atoms with Gasteiger partial charge in [-0.2, -0.15) is 11.8 Å². The van der Waals surface area contributed by atoms with Crippen molar-refractivity contribution in [3.05, 3.63) is 202 Å².